The highest BCUT2D eigenvalue weighted by atomic mass is 19.1. The van der Waals surface area contributed by atoms with E-state index in [2.05, 4.69) is 32.8 Å². The van der Waals surface area contributed by atoms with Gasteiger partial charge in [0.05, 0.1) is 0 Å². The summed E-state index contributed by atoms with van der Waals surface area (Å²) in [5.41, 5.74) is 0.958. The number of rotatable bonds is 3. The van der Waals surface area contributed by atoms with Crippen molar-refractivity contribution >= 4 is 17.5 Å². The predicted octanol–water partition coefficient (Wildman–Crippen LogP) is 3.12. The predicted molar refractivity (Wildman–Crippen MR) is 112 cm³/mol. The van der Waals surface area contributed by atoms with Gasteiger partial charge in [0.15, 0.2) is 0 Å². The second-order valence-corrected chi connectivity index (χ2v) is 8.17. The Morgan fingerprint density at radius 3 is 2.45 bits per heavy atom. The average molecular weight is 397 g/mol. The molecule has 1 amide bonds. The van der Waals surface area contributed by atoms with Crippen LogP contribution >= 0.6 is 0 Å². The summed E-state index contributed by atoms with van der Waals surface area (Å²) in [7, 11) is 0. The van der Waals surface area contributed by atoms with Crippen LogP contribution in [0.4, 0.5) is 16.0 Å². The lowest BCUT2D eigenvalue weighted by molar-refractivity contribution is 0.0746. The minimum atomic E-state index is -0.338. The SMILES string of the molecule is Cc1ccc(C(=O)N2CCN(c3cc(N4CCCC(C)C4)ncn3)CC2)cc1F. The van der Waals surface area contributed by atoms with Gasteiger partial charge in [-0.1, -0.05) is 13.0 Å². The molecule has 1 unspecified atom stereocenters. The molecule has 2 fully saturated rings. The largest absolute Gasteiger partial charge is 0.356 e. The minimum absolute atomic E-state index is 0.116. The Hall–Kier alpha value is -2.70. The van der Waals surface area contributed by atoms with Crippen LogP contribution in [0.3, 0.4) is 0 Å². The van der Waals surface area contributed by atoms with Gasteiger partial charge in [0.25, 0.3) is 5.91 Å². The molecule has 2 aliphatic rings. The smallest absolute Gasteiger partial charge is 0.254 e. The molecule has 154 valence electrons. The quantitative estimate of drug-likeness (QED) is 0.797. The number of benzene rings is 1. The molecule has 2 saturated heterocycles. The first-order chi connectivity index (χ1) is 14.0. The summed E-state index contributed by atoms with van der Waals surface area (Å²) in [6.45, 7) is 8.64. The standard InChI is InChI=1S/C22H28FN5O/c1-16-4-3-7-28(14-16)21-13-20(24-15-25-21)26-8-10-27(11-9-26)22(29)18-6-5-17(2)19(23)12-18/h5-6,12-13,15-16H,3-4,7-11,14H2,1-2H3. The number of nitrogens with zero attached hydrogens (tertiary/aromatic N) is 5. The molecule has 29 heavy (non-hydrogen) atoms. The fourth-order valence-corrected chi connectivity index (χ4v) is 4.13. The number of aromatic nitrogens is 2. The average Bonchev–Trinajstić information content (AvgIpc) is 2.75. The Morgan fingerprint density at radius 2 is 1.76 bits per heavy atom. The third-order valence-electron chi connectivity index (χ3n) is 5.93. The number of aryl methyl sites for hydroxylation is 1. The Kier molecular flexibility index (Phi) is 5.65. The van der Waals surface area contributed by atoms with E-state index in [-0.39, 0.29) is 11.7 Å². The molecule has 1 atom stereocenters. The van der Waals surface area contributed by atoms with E-state index in [0.29, 0.717) is 43.2 Å². The van der Waals surface area contributed by atoms with Crippen LogP contribution in [0.2, 0.25) is 0 Å². The number of halogens is 1. The highest BCUT2D eigenvalue weighted by molar-refractivity contribution is 5.94. The summed E-state index contributed by atoms with van der Waals surface area (Å²) in [6.07, 6.45) is 4.10. The molecule has 2 aromatic rings. The molecule has 1 aromatic carbocycles. The lowest BCUT2D eigenvalue weighted by Crippen LogP contribution is -2.49. The van der Waals surface area contributed by atoms with Gasteiger partial charge < -0.3 is 14.7 Å². The molecular weight excluding hydrogens is 369 g/mol. The number of anilines is 2. The van der Waals surface area contributed by atoms with Gasteiger partial charge in [0.1, 0.15) is 23.8 Å². The monoisotopic (exact) mass is 397 g/mol. The fraction of sp³-hybridized carbons (Fsp3) is 0.500. The van der Waals surface area contributed by atoms with Crippen molar-refractivity contribution in [1.82, 2.24) is 14.9 Å². The van der Waals surface area contributed by atoms with Crippen LogP contribution in [0.5, 0.6) is 0 Å². The lowest BCUT2D eigenvalue weighted by atomic mass is 10.0. The van der Waals surface area contributed by atoms with E-state index in [0.717, 1.165) is 24.7 Å². The highest BCUT2D eigenvalue weighted by Gasteiger charge is 2.24. The number of piperidine rings is 1. The number of carbonyl (C=O) groups is 1. The van der Waals surface area contributed by atoms with E-state index in [9.17, 15) is 9.18 Å². The third-order valence-corrected chi connectivity index (χ3v) is 5.93. The van der Waals surface area contributed by atoms with Gasteiger partial charge in [-0.15, -0.1) is 0 Å². The fourth-order valence-electron chi connectivity index (χ4n) is 4.13. The van der Waals surface area contributed by atoms with Crippen molar-refractivity contribution in [2.75, 3.05) is 49.1 Å². The lowest BCUT2D eigenvalue weighted by Gasteiger charge is -2.36. The van der Waals surface area contributed by atoms with Gasteiger partial charge in [-0.25, -0.2) is 14.4 Å². The van der Waals surface area contributed by atoms with Gasteiger partial charge in [-0.2, -0.15) is 0 Å². The zero-order chi connectivity index (χ0) is 20.4. The summed E-state index contributed by atoms with van der Waals surface area (Å²) in [5, 5.41) is 0. The zero-order valence-corrected chi connectivity index (χ0v) is 17.1. The van der Waals surface area contributed by atoms with Crippen molar-refractivity contribution in [3.05, 3.63) is 47.5 Å². The molecule has 1 aromatic heterocycles. The molecule has 7 heteroatoms. The zero-order valence-electron chi connectivity index (χ0n) is 17.1. The number of amides is 1. The highest BCUT2D eigenvalue weighted by Crippen LogP contribution is 2.24. The molecular formula is C22H28FN5O. The molecule has 0 spiro atoms. The van der Waals surface area contributed by atoms with Crippen molar-refractivity contribution in [2.24, 2.45) is 5.92 Å². The van der Waals surface area contributed by atoms with Gasteiger partial charge >= 0.3 is 0 Å². The topological polar surface area (TPSA) is 52.6 Å². The van der Waals surface area contributed by atoms with Gasteiger partial charge in [-0.05, 0) is 43.4 Å². The summed E-state index contributed by atoms with van der Waals surface area (Å²) >= 11 is 0. The molecule has 0 radical (unpaired) electrons. The van der Waals surface area contributed by atoms with E-state index in [1.165, 1.54) is 18.9 Å². The van der Waals surface area contributed by atoms with Crippen molar-refractivity contribution in [1.29, 1.82) is 0 Å². The normalized spacial score (nSPS) is 20.1. The molecule has 6 nitrogen and oxygen atoms in total. The van der Waals surface area contributed by atoms with E-state index < -0.39 is 0 Å². The van der Waals surface area contributed by atoms with Gasteiger partial charge in [0.2, 0.25) is 0 Å². The number of piperazine rings is 1. The van der Waals surface area contributed by atoms with Gasteiger partial charge in [0, 0.05) is 50.9 Å². The number of hydrogen-bond donors (Lipinski definition) is 0. The molecule has 0 bridgehead atoms. The molecule has 0 saturated carbocycles. The molecule has 3 heterocycles. The number of carbonyl (C=O) groups excluding carboxylic acids is 1. The molecule has 0 N–H and O–H groups in total. The Morgan fingerprint density at radius 1 is 1.03 bits per heavy atom. The van der Waals surface area contributed by atoms with Gasteiger partial charge in [-0.3, -0.25) is 4.79 Å². The van der Waals surface area contributed by atoms with E-state index in [1.54, 1.807) is 30.3 Å². The third kappa shape index (κ3) is 4.33. The molecule has 0 aliphatic carbocycles. The molecule has 4 rings (SSSR count). The Balaban J connectivity index is 1.40. The maximum Gasteiger partial charge on any atom is 0.254 e. The van der Waals surface area contributed by atoms with Crippen molar-refractivity contribution < 1.29 is 9.18 Å². The van der Waals surface area contributed by atoms with Crippen LogP contribution in [-0.2, 0) is 0 Å². The Labute approximate surface area is 171 Å². The van der Waals surface area contributed by atoms with Crippen LogP contribution in [0.1, 0.15) is 35.7 Å². The summed E-state index contributed by atoms with van der Waals surface area (Å²) in [6, 6.07) is 6.75. The van der Waals surface area contributed by atoms with E-state index in [4.69, 9.17) is 0 Å². The van der Waals surface area contributed by atoms with Crippen molar-refractivity contribution in [2.45, 2.75) is 26.7 Å². The van der Waals surface area contributed by atoms with Crippen LogP contribution in [0.15, 0.2) is 30.6 Å². The number of hydrogen-bond acceptors (Lipinski definition) is 5. The van der Waals surface area contributed by atoms with Crippen LogP contribution in [0.25, 0.3) is 0 Å². The summed E-state index contributed by atoms with van der Waals surface area (Å²) < 4.78 is 13.8. The van der Waals surface area contributed by atoms with Crippen LogP contribution < -0.4 is 9.80 Å². The first kappa shape index (κ1) is 19.6. The van der Waals surface area contributed by atoms with Crippen molar-refractivity contribution in [3.63, 3.8) is 0 Å². The van der Waals surface area contributed by atoms with Crippen molar-refractivity contribution in [3.8, 4) is 0 Å². The maximum atomic E-state index is 13.8. The van der Waals surface area contributed by atoms with Crippen LogP contribution in [-0.4, -0.2) is 60.0 Å². The second kappa shape index (κ2) is 8.35. The van der Waals surface area contributed by atoms with Crippen LogP contribution in [0, 0.1) is 18.7 Å². The molecule has 2 aliphatic heterocycles. The first-order valence-corrected chi connectivity index (χ1v) is 10.4. The van der Waals surface area contributed by atoms with E-state index >= 15 is 0 Å². The Bertz CT molecular complexity index is 881. The second-order valence-electron chi connectivity index (χ2n) is 8.17. The first-order valence-electron chi connectivity index (χ1n) is 10.4. The maximum absolute atomic E-state index is 13.8. The van der Waals surface area contributed by atoms with E-state index in [1.807, 2.05) is 0 Å². The summed E-state index contributed by atoms with van der Waals surface area (Å²) in [4.78, 5) is 28.0. The summed E-state index contributed by atoms with van der Waals surface area (Å²) in [5.74, 6) is 2.12. The minimum Gasteiger partial charge on any atom is -0.356 e.